The summed E-state index contributed by atoms with van der Waals surface area (Å²) in [4.78, 5) is 19.3. The molecular formula is C15H14N2O3. The summed E-state index contributed by atoms with van der Waals surface area (Å²) in [6.45, 7) is 2.02. The summed E-state index contributed by atoms with van der Waals surface area (Å²) in [6, 6.07) is 9.13. The van der Waals surface area contributed by atoms with Crippen molar-refractivity contribution in [3.05, 3.63) is 41.7 Å². The summed E-state index contributed by atoms with van der Waals surface area (Å²) < 4.78 is 10.4. The first-order valence-electron chi connectivity index (χ1n) is 6.39. The molecule has 1 aromatic carbocycles. The van der Waals surface area contributed by atoms with Crippen LogP contribution in [0.2, 0.25) is 0 Å². The average molecular weight is 270 g/mol. The molecule has 0 amide bonds. The Morgan fingerprint density at radius 1 is 1.35 bits per heavy atom. The maximum Gasteiger partial charge on any atom is 0.340 e. The van der Waals surface area contributed by atoms with E-state index in [0.29, 0.717) is 22.7 Å². The van der Waals surface area contributed by atoms with Crippen molar-refractivity contribution < 1.29 is 13.9 Å². The topological polar surface area (TPSA) is 68.1 Å². The van der Waals surface area contributed by atoms with E-state index in [9.17, 15) is 4.79 Å². The number of esters is 1. The largest absolute Gasteiger partial charge is 0.465 e. The van der Waals surface area contributed by atoms with Crippen LogP contribution in [0, 0.1) is 0 Å². The Kier molecular flexibility index (Phi) is 3.02. The Balaban J connectivity index is 2.12. The van der Waals surface area contributed by atoms with Gasteiger partial charge in [0.05, 0.1) is 18.2 Å². The van der Waals surface area contributed by atoms with Crippen LogP contribution in [0.15, 0.2) is 34.7 Å². The number of imidazole rings is 1. The molecule has 5 nitrogen and oxygen atoms in total. The predicted molar refractivity (Wildman–Crippen MR) is 74.5 cm³/mol. The van der Waals surface area contributed by atoms with E-state index in [-0.39, 0.29) is 0 Å². The number of hydrogen-bond donors (Lipinski definition) is 1. The van der Waals surface area contributed by atoms with Crippen LogP contribution in [-0.4, -0.2) is 23.0 Å². The summed E-state index contributed by atoms with van der Waals surface area (Å²) in [6.07, 6.45) is 0.827. The third-order valence-corrected chi connectivity index (χ3v) is 3.16. The first-order valence-corrected chi connectivity index (χ1v) is 6.39. The van der Waals surface area contributed by atoms with E-state index in [1.807, 2.05) is 25.1 Å². The number of para-hydroxylation sites is 1. The van der Waals surface area contributed by atoms with E-state index in [1.54, 1.807) is 12.1 Å². The number of fused-ring (bicyclic) bond motifs is 1. The van der Waals surface area contributed by atoms with Crippen molar-refractivity contribution in [2.45, 2.75) is 13.3 Å². The minimum atomic E-state index is -0.401. The van der Waals surface area contributed by atoms with Crippen LogP contribution >= 0.6 is 0 Å². The zero-order valence-electron chi connectivity index (χ0n) is 11.3. The molecule has 0 radical (unpaired) electrons. The number of rotatable bonds is 3. The van der Waals surface area contributed by atoms with Gasteiger partial charge in [0.2, 0.25) is 0 Å². The number of methoxy groups -OCH3 is 1. The number of aryl methyl sites for hydroxylation is 1. The standard InChI is InChI=1S/C15H14N2O3/c1-3-9-7-8-12(20-9)14-16-11-6-4-5-10(13(11)17-14)15(18)19-2/h4-8H,3H2,1-2H3,(H,16,17). The Bertz CT molecular complexity index is 770. The second kappa shape index (κ2) is 4.85. The maximum absolute atomic E-state index is 11.7. The van der Waals surface area contributed by atoms with Crippen molar-refractivity contribution >= 4 is 17.0 Å². The second-order valence-corrected chi connectivity index (χ2v) is 4.40. The van der Waals surface area contributed by atoms with Gasteiger partial charge in [0.15, 0.2) is 11.6 Å². The van der Waals surface area contributed by atoms with Crippen molar-refractivity contribution in [1.29, 1.82) is 0 Å². The van der Waals surface area contributed by atoms with Crippen molar-refractivity contribution in [2.75, 3.05) is 7.11 Å². The Morgan fingerprint density at radius 2 is 2.20 bits per heavy atom. The molecule has 0 bridgehead atoms. The van der Waals surface area contributed by atoms with E-state index >= 15 is 0 Å². The number of nitrogens with one attached hydrogen (secondary N) is 1. The van der Waals surface area contributed by atoms with Crippen LogP contribution in [-0.2, 0) is 11.2 Å². The lowest BCUT2D eigenvalue weighted by Crippen LogP contribution is -2.01. The van der Waals surface area contributed by atoms with Gasteiger partial charge in [0.1, 0.15) is 11.3 Å². The fourth-order valence-electron chi connectivity index (χ4n) is 2.12. The van der Waals surface area contributed by atoms with Crippen molar-refractivity contribution in [1.82, 2.24) is 9.97 Å². The quantitative estimate of drug-likeness (QED) is 0.742. The van der Waals surface area contributed by atoms with Gasteiger partial charge in [0, 0.05) is 6.42 Å². The Hall–Kier alpha value is -2.56. The number of aromatic nitrogens is 2. The SMILES string of the molecule is CCc1ccc(-c2nc3c(C(=O)OC)cccc3[nH]2)o1. The zero-order chi connectivity index (χ0) is 14.1. The van der Waals surface area contributed by atoms with E-state index < -0.39 is 5.97 Å². The molecule has 0 aliphatic rings. The molecule has 3 aromatic rings. The van der Waals surface area contributed by atoms with E-state index in [4.69, 9.17) is 9.15 Å². The fraction of sp³-hybridized carbons (Fsp3) is 0.200. The second-order valence-electron chi connectivity index (χ2n) is 4.40. The summed E-state index contributed by atoms with van der Waals surface area (Å²) in [5.74, 6) is 1.76. The summed E-state index contributed by atoms with van der Waals surface area (Å²) in [5, 5.41) is 0. The lowest BCUT2D eigenvalue weighted by molar-refractivity contribution is 0.0603. The highest BCUT2D eigenvalue weighted by Crippen LogP contribution is 2.25. The van der Waals surface area contributed by atoms with E-state index in [0.717, 1.165) is 17.7 Å². The first kappa shape index (κ1) is 12.5. The number of nitrogens with zero attached hydrogens (tertiary/aromatic N) is 1. The average Bonchev–Trinajstić information content (AvgIpc) is 3.11. The van der Waals surface area contributed by atoms with Crippen LogP contribution in [0.1, 0.15) is 23.0 Å². The van der Waals surface area contributed by atoms with Gasteiger partial charge < -0.3 is 14.1 Å². The van der Waals surface area contributed by atoms with Crippen molar-refractivity contribution in [3.8, 4) is 11.6 Å². The number of furan rings is 1. The summed E-state index contributed by atoms with van der Waals surface area (Å²) >= 11 is 0. The zero-order valence-corrected chi connectivity index (χ0v) is 11.3. The number of benzene rings is 1. The van der Waals surface area contributed by atoms with Gasteiger partial charge in [-0.15, -0.1) is 0 Å². The third kappa shape index (κ3) is 1.97. The Labute approximate surface area is 115 Å². The molecule has 0 aliphatic carbocycles. The first-order chi connectivity index (χ1) is 9.72. The molecule has 3 rings (SSSR count). The molecular weight excluding hydrogens is 256 g/mol. The van der Waals surface area contributed by atoms with Gasteiger partial charge in [-0.1, -0.05) is 13.0 Å². The molecule has 0 unspecified atom stereocenters. The highest BCUT2D eigenvalue weighted by Gasteiger charge is 2.15. The predicted octanol–water partition coefficient (Wildman–Crippen LogP) is 3.17. The van der Waals surface area contributed by atoms with Crippen molar-refractivity contribution in [2.24, 2.45) is 0 Å². The summed E-state index contributed by atoms with van der Waals surface area (Å²) in [7, 11) is 1.36. The number of carbonyl (C=O) groups excluding carboxylic acids is 1. The highest BCUT2D eigenvalue weighted by atomic mass is 16.5. The molecule has 102 valence electrons. The number of aromatic amines is 1. The number of hydrogen-bond acceptors (Lipinski definition) is 4. The molecule has 0 fully saturated rings. The minimum Gasteiger partial charge on any atom is -0.465 e. The van der Waals surface area contributed by atoms with Crippen LogP contribution in [0.4, 0.5) is 0 Å². The van der Waals surface area contributed by atoms with Crippen molar-refractivity contribution in [3.63, 3.8) is 0 Å². The molecule has 0 saturated heterocycles. The lowest BCUT2D eigenvalue weighted by atomic mass is 10.2. The van der Waals surface area contributed by atoms with Gasteiger partial charge in [-0.25, -0.2) is 9.78 Å². The normalized spacial score (nSPS) is 10.9. The fourth-order valence-corrected chi connectivity index (χ4v) is 2.12. The molecule has 0 spiro atoms. The van der Waals surface area contributed by atoms with E-state index in [2.05, 4.69) is 9.97 Å². The molecule has 2 aromatic heterocycles. The molecule has 0 atom stereocenters. The molecule has 20 heavy (non-hydrogen) atoms. The molecule has 2 heterocycles. The Morgan fingerprint density at radius 3 is 2.90 bits per heavy atom. The van der Waals surface area contributed by atoms with Crippen LogP contribution in [0.5, 0.6) is 0 Å². The molecule has 5 heteroatoms. The maximum atomic E-state index is 11.7. The van der Waals surface area contributed by atoms with Crippen LogP contribution in [0.3, 0.4) is 0 Å². The van der Waals surface area contributed by atoms with Gasteiger partial charge in [-0.3, -0.25) is 0 Å². The third-order valence-electron chi connectivity index (χ3n) is 3.16. The van der Waals surface area contributed by atoms with Gasteiger partial charge >= 0.3 is 5.97 Å². The molecule has 0 saturated carbocycles. The molecule has 0 aliphatic heterocycles. The molecule has 1 N–H and O–H groups in total. The van der Waals surface area contributed by atoms with Crippen LogP contribution in [0.25, 0.3) is 22.6 Å². The number of H-pyrrole nitrogens is 1. The van der Waals surface area contributed by atoms with E-state index in [1.165, 1.54) is 7.11 Å². The van der Waals surface area contributed by atoms with Gasteiger partial charge in [0.25, 0.3) is 0 Å². The summed E-state index contributed by atoms with van der Waals surface area (Å²) in [5.41, 5.74) is 1.80. The minimum absolute atomic E-state index is 0.401. The highest BCUT2D eigenvalue weighted by molar-refractivity contribution is 6.02. The van der Waals surface area contributed by atoms with Gasteiger partial charge in [-0.05, 0) is 24.3 Å². The number of ether oxygens (including phenoxy) is 1. The van der Waals surface area contributed by atoms with Crippen LogP contribution < -0.4 is 0 Å². The monoisotopic (exact) mass is 270 g/mol. The van der Waals surface area contributed by atoms with Gasteiger partial charge in [-0.2, -0.15) is 0 Å². The smallest absolute Gasteiger partial charge is 0.340 e. The lowest BCUT2D eigenvalue weighted by Gasteiger charge is -1.98. The number of carbonyl (C=O) groups is 1.